The van der Waals surface area contributed by atoms with Crippen molar-refractivity contribution in [1.82, 2.24) is 10.2 Å². The molecule has 21 heavy (non-hydrogen) atoms. The molecule has 0 aromatic carbocycles. The van der Waals surface area contributed by atoms with Crippen molar-refractivity contribution in [3.8, 4) is 6.07 Å². The zero-order valence-electron chi connectivity index (χ0n) is 13.4. The summed E-state index contributed by atoms with van der Waals surface area (Å²) < 4.78 is 5.99. The lowest BCUT2D eigenvalue weighted by Crippen LogP contribution is -2.43. The molecule has 0 aliphatic carbocycles. The highest BCUT2D eigenvalue weighted by atomic mass is 16.5. The Hall–Kier alpha value is -1.67. The van der Waals surface area contributed by atoms with Crippen LogP contribution < -0.4 is 5.32 Å². The quantitative estimate of drug-likeness (QED) is 0.921. The molecule has 1 aromatic heterocycles. The molecule has 1 aromatic rings. The van der Waals surface area contributed by atoms with E-state index in [1.807, 2.05) is 13.8 Å². The smallest absolute Gasteiger partial charge is 0.167 e. The van der Waals surface area contributed by atoms with E-state index < -0.39 is 0 Å². The van der Waals surface area contributed by atoms with E-state index in [0.29, 0.717) is 11.4 Å². The Morgan fingerprint density at radius 3 is 2.67 bits per heavy atom. The number of anilines is 1. The number of nitriles is 1. The van der Waals surface area contributed by atoms with Crippen LogP contribution in [0.2, 0.25) is 0 Å². The van der Waals surface area contributed by atoms with Gasteiger partial charge in [0.25, 0.3) is 0 Å². The minimum Gasteiger partial charge on any atom is -0.375 e. The second-order valence-corrected chi connectivity index (χ2v) is 5.82. The summed E-state index contributed by atoms with van der Waals surface area (Å²) in [5.41, 5.74) is 2.27. The third kappa shape index (κ3) is 3.16. The number of hydrogen-bond acceptors (Lipinski definition) is 5. The van der Waals surface area contributed by atoms with Gasteiger partial charge in [-0.15, -0.1) is 5.10 Å². The van der Waals surface area contributed by atoms with Crippen molar-refractivity contribution in [3.05, 3.63) is 16.8 Å². The van der Waals surface area contributed by atoms with Crippen molar-refractivity contribution < 1.29 is 4.74 Å². The molecule has 0 saturated carbocycles. The summed E-state index contributed by atoms with van der Waals surface area (Å²) in [5, 5.41) is 21.1. The average Bonchev–Trinajstić information content (AvgIpc) is 2.51. The zero-order chi connectivity index (χ0) is 15.5. The van der Waals surface area contributed by atoms with Gasteiger partial charge in [0.2, 0.25) is 0 Å². The third-order valence-corrected chi connectivity index (χ3v) is 4.69. The molecule has 1 N–H and O–H groups in total. The monoisotopic (exact) mass is 288 g/mol. The van der Waals surface area contributed by atoms with E-state index in [4.69, 9.17) is 4.74 Å². The van der Waals surface area contributed by atoms with Crippen molar-refractivity contribution >= 4 is 5.82 Å². The van der Waals surface area contributed by atoms with Crippen molar-refractivity contribution in [2.24, 2.45) is 0 Å². The van der Waals surface area contributed by atoms with Crippen LogP contribution in [0.5, 0.6) is 0 Å². The minimum absolute atomic E-state index is 0.0457. The molecule has 5 heteroatoms. The van der Waals surface area contributed by atoms with Crippen LogP contribution in [0.3, 0.4) is 0 Å². The summed E-state index contributed by atoms with van der Waals surface area (Å²) in [6, 6.07) is 2.53. The topological polar surface area (TPSA) is 70.8 Å². The first-order valence-electron chi connectivity index (χ1n) is 7.69. The lowest BCUT2D eigenvalue weighted by atomic mass is 9.86. The van der Waals surface area contributed by atoms with Gasteiger partial charge >= 0.3 is 0 Å². The average molecular weight is 288 g/mol. The molecule has 1 unspecified atom stereocenters. The lowest BCUT2D eigenvalue weighted by Gasteiger charge is -2.40. The number of nitrogens with one attached hydrogen (secondary N) is 1. The van der Waals surface area contributed by atoms with Crippen LogP contribution in [0.15, 0.2) is 0 Å². The summed E-state index contributed by atoms with van der Waals surface area (Å²) in [6.07, 6.45) is 3.89. The number of ether oxygens (including phenoxy) is 1. The van der Waals surface area contributed by atoms with Gasteiger partial charge in [0.1, 0.15) is 11.6 Å². The molecule has 1 saturated heterocycles. The van der Waals surface area contributed by atoms with Crippen molar-refractivity contribution in [3.63, 3.8) is 0 Å². The first kappa shape index (κ1) is 15.7. The summed E-state index contributed by atoms with van der Waals surface area (Å²) in [4.78, 5) is 0. The highest BCUT2D eigenvalue weighted by Crippen LogP contribution is 2.33. The molecule has 1 fully saturated rings. The van der Waals surface area contributed by atoms with Gasteiger partial charge < -0.3 is 10.1 Å². The number of rotatable bonds is 4. The fourth-order valence-corrected chi connectivity index (χ4v) is 2.93. The molecule has 1 aliphatic heterocycles. The molecule has 0 amide bonds. The van der Waals surface area contributed by atoms with Gasteiger partial charge in [-0.2, -0.15) is 10.4 Å². The Kier molecular flexibility index (Phi) is 4.79. The summed E-state index contributed by atoms with van der Waals surface area (Å²) in [6.45, 7) is 8.88. The maximum absolute atomic E-state index is 9.37. The van der Waals surface area contributed by atoms with E-state index in [1.54, 1.807) is 0 Å². The van der Waals surface area contributed by atoms with Gasteiger partial charge in [0.15, 0.2) is 5.82 Å². The molecule has 114 valence electrons. The first-order chi connectivity index (χ1) is 10.0. The fraction of sp³-hybridized carbons (Fsp3) is 0.688. The fourth-order valence-electron chi connectivity index (χ4n) is 2.93. The Morgan fingerprint density at radius 2 is 2.05 bits per heavy atom. The Morgan fingerprint density at radius 1 is 1.33 bits per heavy atom. The lowest BCUT2D eigenvalue weighted by molar-refractivity contribution is -0.0864. The third-order valence-electron chi connectivity index (χ3n) is 4.69. The van der Waals surface area contributed by atoms with Crippen LogP contribution >= 0.6 is 0 Å². The molecule has 2 rings (SSSR count). The number of nitrogens with zero attached hydrogens (tertiary/aromatic N) is 3. The van der Waals surface area contributed by atoms with Gasteiger partial charge in [0, 0.05) is 12.6 Å². The summed E-state index contributed by atoms with van der Waals surface area (Å²) in [5.74, 6) is 0.605. The van der Waals surface area contributed by atoms with E-state index in [9.17, 15) is 5.26 Å². The van der Waals surface area contributed by atoms with Crippen molar-refractivity contribution in [1.29, 1.82) is 5.26 Å². The SMILES string of the molecule is CCC1(CC)CC(Nc2nnc(C)c(C)c2C#N)CCO1. The van der Waals surface area contributed by atoms with Crippen molar-refractivity contribution in [2.75, 3.05) is 11.9 Å². The van der Waals surface area contributed by atoms with Crippen LogP contribution in [-0.4, -0.2) is 28.4 Å². The maximum atomic E-state index is 9.37. The molecule has 1 atom stereocenters. The maximum Gasteiger partial charge on any atom is 0.167 e. The summed E-state index contributed by atoms with van der Waals surface area (Å²) >= 11 is 0. The van der Waals surface area contributed by atoms with Gasteiger partial charge in [-0.1, -0.05) is 13.8 Å². The Bertz CT molecular complexity index is 546. The van der Waals surface area contributed by atoms with Gasteiger partial charge in [-0.25, -0.2) is 0 Å². The van der Waals surface area contributed by atoms with E-state index in [-0.39, 0.29) is 11.6 Å². The molecular formula is C16H24N4O. The number of aromatic nitrogens is 2. The van der Waals surface area contributed by atoms with Crippen LogP contribution in [0.1, 0.15) is 56.4 Å². The molecule has 2 heterocycles. The molecule has 0 bridgehead atoms. The number of aryl methyl sites for hydroxylation is 1. The molecule has 0 radical (unpaired) electrons. The molecule has 0 spiro atoms. The second kappa shape index (κ2) is 6.40. The van der Waals surface area contributed by atoms with Crippen LogP contribution in [0.4, 0.5) is 5.82 Å². The standard InChI is InChI=1S/C16H24N4O/c1-5-16(6-2)9-13(7-8-21-16)18-15-14(10-17)11(3)12(4)19-20-15/h13H,5-9H2,1-4H3,(H,18,20). The predicted molar refractivity (Wildman–Crippen MR) is 82.1 cm³/mol. The highest BCUT2D eigenvalue weighted by molar-refractivity contribution is 5.56. The highest BCUT2D eigenvalue weighted by Gasteiger charge is 2.34. The predicted octanol–water partition coefficient (Wildman–Crippen LogP) is 3.11. The minimum atomic E-state index is -0.0457. The normalized spacial score (nSPS) is 20.8. The Labute approximate surface area is 126 Å². The molecular weight excluding hydrogens is 264 g/mol. The van der Waals surface area contributed by atoms with Gasteiger partial charge in [-0.3, -0.25) is 0 Å². The first-order valence-corrected chi connectivity index (χ1v) is 7.69. The van der Waals surface area contributed by atoms with Crippen LogP contribution in [0, 0.1) is 25.2 Å². The second-order valence-electron chi connectivity index (χ2n) is 5.82. The molecule has 5 nitrogen and oxygen atoms in total. The van der Waals surface area contributed by atoms with Gasteiger partial charge in [-0.05, 0) is 45.1 Å². The molecule has 1 aliphatic rings. The Balaban J connectivity index is 2.19. The van der Waals surface area contributed by atoms with E-state index in [1.165, 1.54) is 0 Å². The summed E-state index contributed by atoms with van der Waals surface area (Å²) in [7, 11) is 0. The van der Waals surface area contributed by atoms with E-state index in [0.717, 1.165) is 43.5 Å². The van der Waals surface area contributed by atoms with E-state index in [2.05, 4.69) is 35.4 Å². The largest absolute Gasteiger partial charge is 0.375 e. The van der Waals surface area contributed by atoms with E-state index >= 15 is 0 Å². The zero-order valence-corrected chi connectivity index (χ0v) is 13.4. The number of hydrogen-bond donors (Lipinski definition) is 1. The van der Waals surface area contributed by atoms with Crippen molar-refractivity contribution in [2.45, 2.75) is 65.0 Å². The van der Waals surface area contributed by atoms with Gasteiger partial charge in [0.05, 0.1) is 11.3 Å². The van der Waals surface area contributed by atoms with Crippen LogP contribution in [-0.2, 0) is 4.74 Å². The van der Waals surface area contributed by atoms with Crippen LogP contribution in [0.25, 0.3) is 0 Å².